The molecule has 0 amide bonds. The van der Waals surface area contributed by atoms with Crippen LogP contribution in [0.25, 0.3) is 0 Å². The molecule has 2 atom stereocenters. The van der Waals surface area contributed by atoms with Crippen molar-refractivity contribution in [2.45, 2.75) is 19.0 Å². The molecule has 64 valence electrons. The van der Waals surface area contributed by atoms with E-state index in [1.807, 2.05) is 13.0 Å². The van der Waals surface area contributed by atoms with Gasteiger partial charge >= 0.3 is 0 Å². The number of hydrogen-bond acceptors (Lipinski definition) is 3. The minimum atomic E-state index is -2.41. The lowest BCUT2D eigenvalue weighted by Crippen LogP contribution is -2.08. The summed E-state index contributed by atoms with van der Waals surface area (Å²) in [5.74, 6) is 0. The van der Waals surface area contributed by atoms with Crippen LogP contribution in [0.2, 0.25) is 0 Å². The van der Waals surface area contributed by atoms with Crippen LogP contribution in [-0.4, -0.2) is 30.2 Å². The maximum atomic E-state index is 11.6. The Bertz CT molecular complexity index is 197. The molecule has 0 heterocycles. The second-order valence-corrected chi connectivity index (χ2v) is 6.09. The number of hydrogen-bond donors (Lipinski definition) is 1. The lowest BCUT2D eigenvalue weighted by atomic mass is 10.4. The van der Waals surface area contributed by atoms with E-state index in [2.05, 4.69) is 0 Å². The van der Waals surface area contributed by atoms with Gasteiger partial charge in [0.15, 0.2) is 0 Å². The Hall–Kier alpha value is -0.320. The molecular formula is C7H14NO2P. The zero-order valence-electron chi connectivity index (χ0n) is 6.95. The Labute approximate surface area is 67.4 Å². The van der Waals surface area contributed by atoms with Gasteiger partial charge in [-0.15, -0.1) is 0 Å². The summed E-state index contributed by atoms with van der Waals surface area (Å²) in [5.41, 5.74) is -0.380. The Morgan fingerprint density at radius 2 is 2.27 bits per heavy atom. The van der Waals surface area contributed by atoms with Gasteiger partial charge in [0.25, 0.3) is 0 Å². The largest absolute Gasteiger partial charge is 0.396 e. The molecular weight excluding hydrogens is 161 g/mol. The van der Waals surface area contributed by atoms with Gasteiger partial charge in [-0.25, -0.2) is 0 Å². The standard InChI is InChI=1S/C7H14NO2P/c1-3-7(6-8)11(2,10)5-4-9/h7,9H,3-5H2,1-2H3. The quantitative estimate of drug-likeness (QED) is 0.654. The minimum Gasteiger partial charge on any atom is -0.396 e. The van der Waals surface area contributed by atoms with Gasteiger partial charge in [-0.05, 0) is 13.1 Å². The molecule has 0 aromatic heterocycles. The predicted octanol–water partition coefficient (Wildman–Crippen LogP) is 1.27. The first-order valence-electron chi connectivity index (χ1n) is 3.65. The predicted molar refractivity (Wildman–Crippen MR) is 45.2 cm³/mol. The number of rotatable bonds is 4. The molecule has 3 nitrogen and oxygen atoms in total. The van der Waals surface area contributed by atoms with Crippen LogP contribution in [0.5, 0.6) is 0 Å². The van der Waals surface area contributed by atoms with Crippen LogP contribution in [0.4, 0.5) is 0 Å². The van der Waals surface area contributed by atoms with E-state index in [9.17, 15) is 4.57 Å². The lowest BCUT2D eigenvalue weighted by Gasteiger charge is -2.15. The maximum Gasteiger partial charge on any atom is 0.103 e. The van der Waals surface area contributed by atoms with E-state index >= 15 is 0 Å². The number of nitriles is 1. The summed E-state index contributed by atoms with van der Waals surface area (Å²) >= 11 is 0. The van der Waals surface area contributed by atoms with Gasteiger partial charge in [0.05, 0.1) is 11.7 Å². The van der Waals surface area contributed by atoms with Gasteiger partial charge < -0.3 is 9.67 Å². The third-order valence-corrected chi connectivity index (χ3v) is 4.63. The van der Waals surface area contributed by atoms with Crippen LogP contribution in [0.1, 0.15) is 13.3 Å². The third kappa shape index (κ3) is 3.05. The van der Waals surface area contributed by atoms with E-state index in [1.54, 1.807) is 6.66 Å². The van der Waals surface area contributed by atoms with Crippen molar-refractivity contribution in [1.82, 2.24) is 0 Å². The van der Waals surface area contributed by atoms with Crippen molar-refractivity contribution in [2.75, 3.05) is 19.4 Å². The molecule has 0 saturated heterocycles. The molecule has 0 radical (unpaired) electrons. The highest BCUT2D eigenvalue weighted by Gasteiger charge is 2.25. The average Bonchev–Trinajstić information content (AvgIpc) is 1.89. The van der Waals surface area contributed by atoms with Gasteiger partial charge in [-0.3, -0.25) is 0 Å². The van der Waals surface area contributed by atoms with Crippen molar-refractivity contribution in [3.05, 3.63) is 0 Å². The van der Waals surface area contributed by atoms with Crippen LogP contribution in [0.15, 0.2) is 0 Å². The molecule has 4 heteroatoms. The molecule has 1 N–H and O–H groups in total. The fraction of sp³-hybridized carbons (Fsp3) is 0.857. The first-order chi connectivity index (χ1) is 5.08. The van der Waals surface area contributed by atoms with Crippen molar-refractivity contribution < 1.29 is 9.67 Å². The van der Waals surface area contributed by atoms with Gasteiger partial charge in [0.2, 0.25) is 0 Å². The number of aliphatic hydroxyl groups is 1. The van der Waals surface area contributed by atoms with Crippen LogP contribution < -0.4 is 0 Å². The molecule has 0 fully saturated rings. The summed E-state index contributed by atoms with van der Waals surface area (Å²) in [4.78, 5) is 0. The van der Waals surface area contributed by atoms with E-state index in [0.29, 0.717) is 6.42 Å². The Kier molecular flexibility index (Phi) is 4.40. The zero-order valence-corrected chi connectivity index (χ0v) is 7.84. The fourth-order valence-corrected chi connectivity index (χ4v) is 2.68. The lowest BCUT2D eigenvalue weighted by molar-refractivity contribution is 0.319. The van der Waals surface area contributed by atoms with Crippen LogP contribution >= 0.6 is 7.14 Å². The third-order valence-electron chi connectivity index (χ3n) is 1.74. The summed E-state index contributed by atoms with van der Waals surface area (Å²) in [6.45, 7) is 3.33. The first-order valence-corrected chi connectivity index (χ1v) is 6.06. The summed E-state index contributed by atoms with van der Waals surface area (Å²) in [5, 5.41) is 17.1. The summed E-state index contributed by atoms with van der Waals surface area (Å²) < 4.78 is 11.6. The number of nitrogens with zero attached hydrogens (tertiary/aromatic N) is 1. The van der Waals surface area contributed by atoms with Crippen molar-refractivity contribution in [3.63, 3.8) is 0 Å². The highest BCUT2D eigenvalue weighted by molar-refractivity contribution is 7.64. The molecule has 0 aliphatic rings. The highest BCUT2D eigenvalue weighted by Crippen LogP contribution is 2.47. The van der Waals surface area contributed by atoms with E-state index in [1.165, 1.54) is 0 Å². The Balaban J connectivity index is 4.28. The molecule has 0 bridgehead atoms. The SMILES string of the molecule is CCC(C#N)P(C)(=O)CCO. The van der Waals surface area contributed by atoms with Gasteiger partial charge in [-0.1, -0.05) is 6.92 Å². The number of aliphatic hydroxyl groups excluding tert-OH is 1. The van der Waals surface area contributed by atoms with E-state index in [-0.39, 0.29) is 18.4 Å². The monoisotopic (exact) mass is 175 g/mol. The minimum absolute atomic E-state index is 0.0913. The molecule has 0 rings (SSSR count). The van der Waals surface area contributed by atoms with E-state index < -0.39 is 7.14 Å². The molecule has 0 saturated carbocycles. The smallest absolute Gasteiger partial charge is 0.103 e. The van der Waals surface area contributed by atoms with Crippen molar-refractivity contribution in [1.29, 1.82) is 5.26 Å². The van der Waals surface area contributed by atoms with Crippen LogP contribution in [-0.2, 0) is 4.57 Å². The Morgan fingerprint density at radius 1 is 1.73 bits per heavy atom. The van der Waals surface area contributed by atoms with Gasteiger partial charge in [0.1, 0.15) is 7.14 Å². The van der Waals surface area contributed by atoms with Gasteiger partial charge in [0, 0.05) is 12.8 Å². The van der Waals surface area contributed by atoms with Crippen molar-refractivity contribution >= 4 is 7.14 Å². The average molecular weight is 175 g/mol. The molecule has 11 heavy (non-hydrogen) atoms. The van der Waals surface area contributed by atoms with E-state index in [4.69, 9.17) is 10.4 Å². The summed E-state index contributed by atoms with van der Waals surface area (Å²) in [7, 11) is -2.41. The summed E-state index contributed by atoms with van der Waals surface area (Å²) in [6, 6.07) is 2.00. The van der Waals surface area contributed by atoms with E-state index in [0.717, 1.165) is 0 Å². The topological polar surface area (TPSA) is 61.1 Å². The second kappa shape index (κ2) is 4.54. The second-order valence-electron chi connectivity index (χ2n) is 2.67. The van der Waals surface area contributed by atoms with Crippen LogP contribution in [0.3, 0.4) is 0 Å². The normalized spacial score (nSPS) is 18.4. The Morgan fingerprint density at radius 3 is 2.55 bits per heavy atom. The van der Waals surface area contributed by atoms with Crippen molar-refractivity contribution in [2.24, 2.45) is 0 Å². The molecule has 2 unspecified atom stereocenters. The maximum absolute atomic E-state index is 11.6. The van der Waals surface area contributed by atoms with Gasteiger partial charge in [-0.2, -0.15) is 5.26 Å². The molecule has 0 spiro atoms. The van der Waals surface area contributed by atoms with Crippen LogP contribution in [0, 0.1) is 11.3 Å². The fourth-order valence-electron chi connectivity index (χ4n) is 0.954. The molecule has 0 aliphatic carbocycles. The molecule has 0 aliphatic heterocycles. The molecule has 0 aromatic rings. The molecule has 0 aromatic carbocycles. The zero-order chi connectivity index (χ0) is 8.91. The highest BCUT2D eigenvalue weighted by atomic mass is 31.2. The summed E-state index contributed by atoms with van der Waals surface area (Å²) in [6.07, 6.45) is 0.864. The van der Waals surface area contributed by atoms with Crippen molar-refractivity contribution in [3.8, 4) is 6.07 Å². The first kappa shape index (κ1) is 10.7.